The van der Waals surface area contributed by atoms with Crippen molar-refractivity contribution in [2.75, 3.05) is 0 Å². The van der Waals surface area contributed by atoms with Crippen molar-refractivity contribution in [2.45, 2.75) is 42.9 Å². The summed E-state index contributed by atoms with van der Waals surface area (Å²) in [6.45, 7) is 0. The van der Waals surface area contributed by atoms with Gasteiger partial charge in [0.05, 0.1) is 17.6 Å². The Balaban J connectivity index is 1.98. The molecule has 0 spiro atoms. The summed E-state index contributed by atoms with van der Waals surface area (Å²) in [5.74, 6) is -0.110. The molecule has 0 bridgehead atoms. The van der Waals surface area contributed by atoms with Crippen molar-refractivity contribution in [1.82, 2.24) is 0 Å². The van der Waals surface area contributed by atoms with Gasteiger partial charge < -0.3 is 9.29 Å². The maximum Gasteiger partial charge on any atom is 0.343 e. The molecule has 1 fully saturated rings. The van der Waals surface area contributed by atoms with Gasteiger partial charge in [-0.2, -0.15) is 0 Å². The van der Waals surface area contributed by atoms with Gasteiger partial charge in [-0.25, -0.2) is 13.2 Å². The molecular formula is C19H16I3O5S-. The first-order chi connectivity index (χ1) is 13.2. The molecule has 0 amide bonds. The summed E-state index contributed by atoms with van der Waals surface area (Å²) in [6, 6.07) is 7.93. The molecule has 0 heterocycles. The van der Waals surface area contributed by atoms with E-state index in [2.05, 4.69) is 67.8 Å². The van der Waals surface area contributed by atoms with E-state index in [4.69, 9.17) is 4.74 Å². The number of benzene rings is 2. The number of rotatable bonds is 4. The third-order valence-electron chi connectivity index (χ3n) is 4.76. The van der Waals surface area contributed by atoms with Gasteiger partial charge in [0.1, 0.15) is 10.1 Å². The van der Waals surface area contributed by atoms with E-state index in [1.165, 1.54) is 18.2 Å². The zero-order chi connectivity index (χ0) is 20.5. The Bertz CT molecular complexity index is 1010. The molecule has 0 radical (unpaired) electrons. The predicted molar refractivity (Wildman–Crippen MR) is 130 cm³/mol. The summed E-state index contributed by atoms with van der Waals surface area (Å²) < 4.78 is 43.4. The summed E-state index contributed by atoms with van der Waals surface area (Å²) in [4.78, 5) is 12.5. The molecule has 0 N–H and O–H groups in total. The van der Waals surface area contributed by atoms with Crippen molar-refractivity contribution in [1.29, 1.82) is 0 Å². The lowest BCUT2D eigenvalue weighted by Gasteiger charge is -2.25. The van der Waals surface area contributed by atoms with Crippen LogP contribution >= 0.6 is 67.8 Å². The summed E-state index contributed by atoms with van der Waals surface area (Å²) in [5.41, 5.74) is 0.689. The second kappa shape index (κ2) is 9.43. The molecule has 0 atom stereocenters. The van der Waals surface area contributed by atoms with Crippen LogP contribution in [0.25, 0.3) is 0 Å². The molecule has 28 heavy (non-hydrogen) atoms. The first kappa shape index (κ1) is 22.7. The van der Waals surface area contributed by atoms with Crippen LogP contribution in [0.15, 0.2) is 35.2 Å². The maximum absolute atomic E-state index is 12.8. The van der Waals surface area contributed by atoms with E-state index in [9.17, 15) is 17.8 Å². The van der Waals surface area contributed by atoms with Gasteiger partial charge in [-0.05, 0) is 122 Å². The molecule has 9 heteroatoms. The minimum Gasteiger partial charge on any atom is -0.744 e. The minimum absolute atomic E-state index is 0.0295. The highest BCUT2D eigenvalue weighted by atomic mass is 127. The highest BCUT2D eigenvalue weighted by Gasteiger charge is 2.24. The Morgan fingerprint density at radius 1 is 1.00 bits per heavy atom. The average molecular weight is 737 g/mol. The highest BCUT2D eigenvalue weighted by molar-refractivity contribution is 14.1. The zero-order valence-corrected chi connectivity index (χ0v) is 21.9. The van der Waals surface area contributed by atoms with Gasteiger partial charge in [0.25, 0.3) is 0 Å². The van der Waals surface area contributed by atoms with Gasteiger partial charge in [0, 0.05) is 3.57 Å². The summed E-state index contributed by atoms with van der Waals surface area (Å²) >= 11 is 6.41. The molecule has 1 aliphatic rings. The number of ether oxygens (including phenoxy) is 1. The molecule has 0 saturated heterocycles. The number of hydrogen-bond acceptors (Lipinski definition) is 5. The second-order valence-electron chi connectivity index (χ2n) is 6.60. The van der Waals surface area contributed by atoms with E-state index in [0.29, 0.717) is 11.3 Å². The van der Waals surface area contributed by atoms with Crippen molar-refractivity contribution in [3.05, 3.63) is 52.2 Å². The van der Waals surface area contributed by atoms with E-state index in [1.807, 2.05) is 12.1 Å². The smallest absolute Gasteiger partial charge is 0.343 e. The van der Waals surface area contributed by atoms with Crippen molar-refractivity contribution >= 4 is 83.9 Å². The van der Waals surface area contributed by atoms with Crippen LogP contribution in [-0.2, 0) is 10.1 Å². The first-order valence-electron chi connectivity index (χ1n) is 8.64. The molecule has 3 rings (SSSR count). The molecule has 150 valence electrons. The van der Waals surface area contributed by atoms with Crippen LogP contribution in [0.4, 0.5) is 0 Å². The monoisotopic (exact) mass is 737 g/mol. The van der Waals surface area contributed by atoms with E-state index >= 15 is 0 Å². The van der Waals surface area contributed by atoms with Crippen LogP contribution in [0.5, 0.6) is 5.75 Å². The Morgan fingerprint density at radius 3 is 2.29 bits per heavy atom. The molecule has 0 aliphatic heterocycles. The van der Waals surface area contributed by atoms with Gasteiger partial charge in [0.15, 0.2) is 5.75 Å². The summed E-state index contributed by atoms with van der Waals surface area (Å²) in [5, 5.41) is 0. The summed E-state index contributed by atoms with van der Waals surface area (Å²) in [7, 11) is -4.61. The van der Waals surface area contributed by atoms with Crippen LogP contribution in [0.2, 0.25) is 0 Å². The standard InChI is InChI=1S/C19H17I3O5S/c20-14-7-8-15(21)18(17(14)22)27-19(23)12-6-9-16(28(24,25)26)13(10-12)11-4-2-1-3-5-11/h6-11H,1-5H2,(H,24,25,26)/p-1. The molecular weight excluding hydrogens is 721 g/mol. The van der Waals surface area contributed by atoms with Crippen molar-refractivity contribution in [2.24, 2.45) is 0 Å². The van der Waals surface area contributed by atoms with Gasteiger partial charge in [0.2, 0.25) is 0 Å². The Hall–Kier alpha value is 0.01000. The normalized spacial score (nSPS) is 15.4. The maximum atomic E-state index is 12.8. The molecule has 0 unspecified atom stereocenters. The zero-order valence-electron chi connectivity index (χ0n) is 14.6. The van der Waals surface area contributed by atoms with Crippen molar-refractivity contribution < 1.29 is 22.5 Å². The lowest BCUT2D eigenvalue weighted by Crippen LogP contribution is -2.15. The third kappa shape index (κ3) is 5.19. The number of halogens is 3. The van der Waals surface area contributed by atoms with Crippen LogP contribution in [0.1, 0.15) is 53.9 Å². The first-order valence-corrected chi connectivity index (χ1v) is 13.3. The van der Waals surface area contributed by atoms with Gasteiger partial charge in [-0.1, -0.05) is 19.3 Å². The van der Waals surface area contributed by atoms with E-state index in [-0.39, 0.29) is 16.4 Å². The quantitative estimate of drug-likeness (QED) is 0.133. The van der Waals surface area contributed by atoms with Crippen molar-refractivity contribution in [3.8, 4) is 5.75 Å². The fourth-order valence-corrected chi connectivity index (χ4v) is 6.22. The lowest BCUT2D eigenvalue weighted by molar-refractivity contribution is 0.0731. The second-order valence-corrected chi connectivity index (χ2v) is 11.4. The van der Waals surface area contributed by atoms with E-state index in [0.717, 1.165) is 42.8 Å². The average Bonchev–Trinajstić information content (AvgIpc) is 2.67. The van der Waals surface area contributed by atoms with E-state index < -0.39 is 16.1 Å². The molecule has 5 nitrogen and oxygen atoms in total. The van der Waals surface area contributed by atoms with Gasteiger partial charge in [-0.15, -0.1) is 0 Å². The lowest BCUT2D eigenvalue weighted by atomic mass is 9.83. The highest BCUT2D eigenvalue weighted by Crippen LogP contribution is 2.37. The van der Waals surface area contributed by atoms with Gasteiger partial charge >= 0.3 is 5.97 Å². The van der Waals surface area contributed by atoms with Gasteiger partial charge in [-0.3, -0.25) is 0 Å². The van der Waals surface area contributed by atoms with Crippen molar-refractivity contribution in [3.63, 3.8) is 0 Å². The molecule has 1 aliphatic carbocycles. The molecule has 1 saturated carbocycles. The fraction of sp³-hybridized carbons (Fsp3) is 0.316. The van der Waals surface area contributed by atoms with Crippen LogP contribution in [0.3, 0.4) is 0 Å². The number of hydrogen-bond donors (Lipinski definition) is 0. The molecule has 2 aromatic rings. The summed E-state index contributed by atoms with van der Waals surface area (Å²) in [6.07, 6.45) is 4.69. The SMILES string of the molecule is O=C(Oc1c(I)ccc(I)c1I)c1ccc(S(=O)(=O)[O-])c(C2CCCCC2)c1. The topological polar surface area (TPSA) is 83.5 Å². The number of carbonyl (C=O) groups is 1. The Morgan fingerprint density at radius 2 is 1.64 bits per heavy atom. The minimum atomic E-state index is -4.61. The Labute approximate surface area is 205 Å². The fourth-order valence-electron chi connectivity index (χ4n) is 3.39. The molecule has 2 aromatic carbocycles. The largest absolute Gasteiger partial charge is 0.744 e. The van der Waals surface area contributed by atoms with Crippen LogP contribution in [-0.4, -0.2) is 18.9 Å². The van der Waals surface area contributed by atoms with Crippen LogP contribution < -0.4 is 4.74 Å². The Kier molecular flexibility index (Phi) is 7.64. The predicted octanol–water partition coefficient (Wildman–Crippen LogP) is 5.67. The van der Waals surface area contributed by atoms with E-state index in [1.54, 1.807) is 0 Å². The third-order valence-corrected chi connectivity index (χ3v) is 9.52. The number of esters is 1. The number of carbonyl (C=O) groups excluding carboxylic acids is 1. The molecule has 0 aromatic heterocycles. The van der Waals surface area contributed by atoms with Crippen LogP contribution in [0, 0.1) is 10.7 Å².